The Morgan fingerprint density at radius 3 is 2.11 bits per heavy atom. The van der Waals surface area contributed by atoms with Crippen molar-refractivity contribution in [2.45, 2.75) is 63.7 Å². The van der Waals surface area contributed by atoms with Crippen LogP contribution in [-0.4, -0.2) is 54.9 Å². The zero-order valence-corrected chi connectivity index (χ0v) is 29.0. The van der Waals surface area contributed by atoms with Crippen LogP contribution in [0.5, 0.6) is 0 Å². The highest BCUT2D eigenvalue weighted by atomic mass is 31.2. The summed E-state index contributed by atoms with van der Waals surface area (Å²) in [5.41, 5.74) is 0.627. The van der Waals surface area contributed by atoms with Crippen molar-refractivity contribution < 1.29 is 18.2 Å². The van der Waals surface area contributed by atoms with Crippen LogP contribution in [0.1, 0.15) is 50.7 Å². The van der Waals surface area contributed by atoms with Gasteiger partial charge in [-0.05, 0) is 27.9 Å². The van der Waals surface area contributed by atoms with Gasteiger partial charge in [-0.3, -0.25) is 14.3 Å². The van der Waals surface area contributed by atoms with Gasteiger partial charge in [-0.2, -0.15) is 9.05 Å². The molecule has 0 amide bonds. The van der Waals surface area contributed by atoms with Crippen molar-refractivity contribution >= 4 is 27.2 Å². The number of nitrogens with zero attached hydrogens (tertiary/aromatic N) is 2. The minimum atomic E-state index is -2.87. The number of nitrogens with one attached hydrogen (secondary N) is 1. The quantitative estimate of drug-likeness (QED) is 0.205. The van der Waals surface area contributed by atoms with Gasteiger partial charge >= 0.3 is 14.2 Å². The number of hydrogen-bond donors (Lipinski definition) is 1. The summed E-state index contributed by atoms with van der Waals surface area (Å²) in [5, 5.41) is 2.12. The predicted molar refractivity (Wildman–Crippen MR) is 184 cm³/mol. The molecular weight excluding hydrogens is 617 g/mol. The van der Waals surface area contributed by atoms with Crippen LogP contribution in [0.15, 0.2) is 107 Å². The number of H-pyrrole nitrogens is 1. The Labute approximate surface area is 272 Å². The largest absolute Gasteiger partial charge is 0.405 e. The molecule has 5 atom stereocenters. The highest BCUT2D eigenvalue weighted by Crippen LogP contribution is 2.55. The summed E-state index contributed by atoms with van der Waals surface area (Å²) < 4.78 is 30.8. The standard InChI is InChI=1S/C35H42N3O6PSi/c1-25-22-38(34(40)36-33(25)39)32-21-29(43-45-37(5)23-30(44-45)26-15-9-6-10-16-26)31(42-32)24-41-46(35(2,3)4,27-17-11-7-12-18-27)28-19-13-8-14-20-28/h6-20,22,29-32H,21,23-24H2,1-5H3,(H,36,39,40)/p+1/t29-,30+,31+,32+,45?/m0/s1. The fraction of sp³-hybridized carbons (Fsp3) is 0.371. The molecule has 1 N–H and O–H groups in total. The third kappa shape index (κ3) is 6.48. The molecule has 3 heterocycles. The van der Waals surface area contributed by atoms with Gasteiger partial charge < -0.3 is 9.16 Å². The lowest BCUT2D eigenvalue weighted by molar-refractivity contribution is -0.0396. The van der Waals surface area contributed by atoms with Crippen LogP contribution in [-0.2, 0) is 18.2 Å². The second kappa shape index (κ2) is 13.5. The van der Waals surface area contributed by atoms with Crippen LogP contribution in [0, 0.1) is 6.92 Å². The Bertz CT molecular complexity index is 1690. The summed E-state index contributed by atoms with van der Waals surface area (Å²) in [7, 11) is -2.70. The lowest BCUT2D eigenvalue weighted by atomic mass is 10.1. The number of rotatable bonds is 9. The first-order chi connectivity index (χ1) is 22.1. The molecule has 46 heavy (non-hydrogen) atoms. The smallest absolute Gasteiger partial charge is 0.336 e. The second-order valence-electron chi connectivity index (χ2n) is 13.1. The van der Waals surface area contributed by atoms with Gasteiger partial charge in [0, 0.05) is 25.2 Å². The number of hydrogen-bond acceptors (Lipinski definition) is 7. The molecule has 0 radical (unpaired) electrons. The van der Waals surface area contributed by atoms with Gasteiger partial charge in [0.2, 0.25) is 0 Å². The van der Waals surface area contributed by atoms with Crippen LogP contribution in [0.4, 0.5) is 0 Å². The van der Waals surface area contributed by atoms with Crippen molar-refractivity contribution in [3.05, 3.63) is 129 Å². The van der Waals surface area contributed by atoms with Crippen LogP contribution >= 0.6 is 8.53 Å². The summed E-state index contributed by atoms with van der Waals surface area (Å²) in [5.74, 6) is 0. The van der Waals surface area contributed by atoms with E-state index < -0.39 is 46.5 Å². The van der Waals surface area contributed by atoms with Crippen LogP contribution in [0.3, 0.4) is 0 Å². The Balaban J connectivity index is 1.32. The first kappa shape index (κ1) is 32.7. The number of benzene rings is 3. The molecule has 2 fully saturated rings. The Morgan fingerprint density at radius 2 is 1.52 bits per heavy atom. The summed E-state index contributed by atoms with van der Waals surface area (Å²) >= 11 is 0. The maximum Gasteiger partial charge on any atom is 0.336 e. The van der Waals surface area contributed by atoms with Gasteiger partial charge in [-0.25, -0.2) is 4.79 Å². The van der Waals surface area contributed by atoms with E-state index in [1.54, 1.807) is 13.1 Å². The minimum Gasteiger partial charge on any atom is -0.405 e. The normalized spacial score (nSPS) is 24.0. The molecule has 1 unspecified atom stereocenters. The molecule has 3 aromatic carbocycles. The van der Waals surface area contributed by atoms with E-state index in [0.717, 1.165) is 12.1 Å². The summed E-state index contributed by atoms with van der Waals surface area (Å²) in [6, 6.07) is 31.1. The van der Waals surface area contributed by atoms with Crippen molar-refractivity contribution in [1.29, 1.82) is 0 Å². The van der Waals surface area contributed by atoms with Gasteiger partial charge in [-0.1, -0.05) is 112 Å². The Hall–Kier alpha value is -3.21. The molecular formula is C35H43N3O6PSi+. The molecule has 1 aromatic heterocycles. The van der Waals surface area contributed by atoms with Crippen molar-refractivity contribution in [2.24, 2.45) is 0 Å². The maximum absolute atomic E-state index is 12.9. The lowest BCUT2D eigenvalue weighted by Gasteiger charge is -2.43. The molecule has 6 rings (SSSR count). The van der Waals surface area contributed by atoms with E-state index in [4.69, 9.17) is 18.2 Å². The van der Waals surface area contributed by atoms with Gasteiger partial charge in [-0.15, -0.1) is 4.67 Å². The van der Waals surface area contributed by atoms with Crippen LogP contribution in [0.25, 0.3) is 0 Å². The van der Waals surface area contributed by atoms with Crippen molar-refractivity contribution in [3.8, 4) is 0 Å². The third-order valence-electron chi connectivity index (χ3n) is 8.94. The van der Waals surface area contributed by atoms with Crippen LogP contribution < -0.4 is 21.6 Å². The molecule has 0 spiro atoms. The van der Waals surface area contributed by atoms with E-state index in [-0.39, 0.29) is 17.7 Å². The molecule has 2 aliphatic heterocycles. The first-order valence-corrected chi connectivity index (χ1v) is 18.9. The molecule has 0 bridgehead atoms. The second-order valence-corrected chi connectivity index (χ2v) is 19.2. The number of ether oxygens (including phenoxy) is 1. The Kier molecular flexibility index (Phi) is 9.59. The number of aryl methyl sites for hydroxylation is 1. The molecule has 2 aliphatic rings. The highest BCUT2D eigenvalue weighted by Gasteiger charge is 2.53. The average Bonchev–Trinajstić information content (AvgIpc) is 3.63. The molecule has 0 saturated carbocycles. The van der Waals surface area contributed by atoms with E-state index in [0.29, 0.717) is 12.0 Å². The molecule has 2 saturated heterocycles. The predicted octanol–water partition coefficient (Wildman–Crippen LogP) is 4.76. The summed E-state index contributed by atoms with van der Waals surface area (Å²) in [4.78, 5) is 27.5. The van der Waals surface area contributed by atoms with Crippen LogP contribution in [0.2, 0.25) is 5.04 Å². The molecule has 4 aromatic rings. The molecule has 9 nitrogen and oxygen atoms in total. The van der Waals surface area contributed by atoms with Gasteiger partial charge in [0.25, 0.3) is 13.9 Å². The minimum absolute atomic E-state index is 0.0884. The van der Waals surface area contributed by atoms with E-state index in [1.807, 2.05) is 37.4 Å². The summed E-state index contributed by atoms with van der Waals surface area (Å²) in [6.07, 6.45) is 0.340. The van der Waals surface area contributed by atoms with Crippen molar-refractivity contribution in [2.75, 3.05) is 20.2 Å². The van der Waals surface area contributed by atoms with E-state index >= 15 is 0 Å². The van der Waals surface area contributed by atoms with Gasteiger partial charge in [0.15, 0.2) is 0 Å². The third-order valence-corrected chi connectivity index (χ3v) is 15.7. The van der Waals surface area contributed by atoms with E-state index in [9.17, 15) is 9.59 Å². The first-order valence-electron chi connectivity index (χ1n) is 15.8. The van der Waals surface area contributed by atoms with Crippen molar-refractivity contribution in [3.63, 3.8) is 0 Å². The fourth-order valence-electron chi connectivity index (χ4n) is 6.57. The SMILES string of the molecule is Cc1cn([C@H]2C[C@H](O[PH+]3O[C@@H](c4ccccc4)CN3C)[C@@H](CO[Si](c3ccccc3)(c3ccccc3)C(C)(C)C)O2)c(=O)[nH]c1=O. The number of aromatic amines is 1. The average molecular weight is 661 g/mol. The van der Waals surface area contributed by atoms with E-state index in [1.165, 1.54) is 14.9 Å². The topological polar surface area (TPSA) is 95.0 Å². The molecule has 0 aliphatic carbocycles. The zero-order valence-electron chi connectivity index (χ0n) is 27.0. The van der Waals surface area contributed by atoms with E-state index in [2.05, 4.69) is 91.1 Å². The zero-order chi connectivity index (χ0) is 32.5. The Morgan fingerprint density at radius 1 is 0.935 bits per heavy atom. The number of aromatic nitrogens is 2. The van der Waals surface area contributed by atoms with Gasteiger partial charge in [0.05, 0.1) is 13.2 Å². The maximum atomic E-state index is 12.9. The lowest BCUT2D eigenvalue weighted by Crippen LogP contribution is -2.67. The molecule has 11 heteroatoms. The molecule has 242 valence electrons. The van der Waals surface area contributed by atoms with Gasteiger partial charge in [0.1, 0.15) is 24.5 Å². The number of likely N-dealkylation sites (N-methyl/N-ethyl adjacent to an activating group) is 1. The highest BCUT2D eigenvalue weighted by molar-refractivity contribution is 7.44. The summed E-state index contributed by atoms with van der Waals surface area (Å²) in [6.45, 7) is 9.37. The van der Waals surface area contributed by atoms with Crippen molar-refractivity contribution in [1.82, 2.24) is 14.2 Å². The monoisotopic (exact) mass is 660 g/mol. The fourth-order valence-corrected chi connectivity index (χ4v) is 12.8.